The summed E-state index contributed by atoms with van der Waals surface area (Å²) in [5.41, 5.74) is 9.35. The second-order valence-corrected chi connectivity index (χ2v) is 34.4. The number of aliphatic hydroxyl groups is 2. The topological polar surface area (TPSA) is 576 Å². The summed E-state index contributed by atoms with van der Waals surface area (Å²) in [4.78, 5) is 249. The number of thioether (sulfide) groups is 1. The minimum absolute atomic E-state index is 0.0928. The molecule has 20 N–H and O–H groups in total. The molecule has 0 spiro atoms. The van der Waals surface area contributed by atoms with Crippen molar-refractivity contribution in [3.8, 4) is 16.9 Å². The van der Waals surface area contributed by atoms with Crippen molar-refractivity contribution in [2.45, 2.75) is 186 Å². The summed E-state index contributed by atoms with van der Waals surface area (Å²) in [5, 5.41) is 75.6. The number of aliphatic hydroxyl groups excluding tert-OH is 2. The SMILES string of the molecule is CC(C)C[C@@H]1NC(=O)[C@H](Cc2c[nH]c3ccccc23)NC(=O)[C@H](CC(=O)O)NC(=O)[C@H](Cc2ccc(O)cc2)NC(=O)[C@H](Cc2ccccc2)NC(=O)CSC[C@@H](C(=O)NCC(N)=O)NC(=O)[C@H](CO)NC(=O)[C@H](C(C)C)NC(=O)[C@H](CC(C)C)NC(=O)[C@H](CO)NC(=O)CN(C)C(=O)[C@H](C)N(C)C(=O)[C@H](C(C)C)NC(=O)[C@H](Cc2ccc(-c3ccccc3)cc2)NC1=O. The van der Waals surface area contributed by atoms with E-state index in [1.54, 1.807) is 114 Å². The fourth-order valence-corrected chi connectivity index (χ4v) is 14.9. The lowest BCUT2D eigenvalue weighted by molar-refractivity contribution is -0.147. The van der Waals surface area contributed by atoms with Crippen LogP contribution in [0.25, 0.3) is 22.0 Å². The van der Waals surface area contributed by atoms with E-state index in [1.165, 1.54) is 59.1 Å². The number of nitrogens with two attached hydrogens (primary N) is 1. The highest BCUT2D eigenvalue weighted by Gasteiger charge is 2.41. The Bertz CT molecular complexity index is 4920. The molecule has 7 rings (SSSR count). The van der Waals surface area contributed by atoms with Gasteiger partial charge in [-0.05, 0) is 95.0 Å². The molecule has 0 radical (unpaired) electrons. The number of aromatic amines is 1. The Morgan fingerprint density at radius 1 is 0.457 bits per heavy atom. The number of para-hydroxylation sites is 1. The summed E-state index contributed by atoms with van der Waals surface area (Å²) in [7, 11) is 2.50. The van der Waals surface area contributed by atoms with Crippen molar-refractivity contribution in [2.24, 2.45) is 29.4 Å². The summed E-state index contributed by atoms with van der Waals surface area (Å²) in [5.74, 6) is -21.2. The van der Waals surface area contributed by atoms with Gasteiger partial charge in [-0.2, -0.15) is 0 Å². The van der Waals surface area contributed by atoms with Crippen LogP contribution in [0.2, 0.25) is 0 Å². The maximum atomic E-state index is 15.4. The van der Waals surface area contributed by atoms with Gasteiger partial charge in [0.15, 0.2) is 0 Å². The average Bonchev–Trinajstić information content (AvgIpc) is 1.57. The lowest BCUT2D eigenvalue weighted by atomic mass is 9.97. The number of fused-ring (bicyclic) bond motifs is 1. The van der Waals surface area contributed by atoms with Crippen molar-refractivity contribution in [3.05, 3.63) is 162 Å². The zero-order valence-corrected chi connectivity index (χ0v) is 74.7. The maximum Gasteiger partial charge on any atom is 0.305 e. The third-order valence-corrected chi connectivity index (χ3v) is 22.3. The number of phenolic OH excluding ortho intramolecular Hbond substituents is 1. The van der Waals surface area contributed by atoms with E-state index in [1.807, 2.05) is 42.5 Å². The van der Waals surface area contributed by atoms with Crippen molar-refractivity contribution >= 4 is 123 Å². The maximum absolute atomic E-state index is 15.4. The molecule has 0 saturated carbocycles. The van der Waals surface area contributed by atoms with Crippen LogP contribution in [0, 0.1) is 23.7 Å². The first kappa shape index (κ1) is 103. The van der Waals surface area contributed by atoms with Gasteiger partial charge in [-0.1, -0.05) is 171 Å². The zero-order valence-electron chi connectivity index (χ0n) is 73.9. The van der Waals surface area contributed by atoms with Crippen LogP contribution in [0.15, 0.2) is 140 Å². The molecule has 0 aliphatic carbocycles. The summed E-state index contributed by atoms with van der Waals surface area (Å²) in [6.07, 6.45) is -1.02. The molecule has 1 aliphatic rings. The molecule has 0 unspecified atom stereocenters. The lowest BCUT2D eigenvalue weighted by Gasteiger charge is -2.33. The van der Waals surface area contributed by atoms with Gasteiger partial charge in [0.05, 0.1) is 38.5 Å². The van der Waals surface area contributed by atoms with Crippen LogP contribution in [-0.4, -0.2) is 266 Å². The number of hydrogen-bond acceptors (Lipinski definition) is 21. The second-order valence-electron chi connectivity index (χ2n) is 33.3. The third-order valence-electron chi connectivity index (χ3n) is 21.3. The number of rotatable bonds is 22. The van der Waals surface area contributed by atoms with Gasteiger partial charge in [-0.3, -0.25) is 81.5 Å². The minimum Gasteiger partial charge on any atom is -0.508 e. The number of likely N-dealkylation sites (N-methyl/N-ethyl adjacent to an activating group) is 2. The summed E-state index contributed by atoms with van der Waals surface area (Å²) >= 11 is 0.709. The Labute approximate surface area is 751 Å². The number of carbonyl (C=O) groups is 17. The first-order valence-corrected chi connectivity index (χ1v) is 43.5. The second kappa shape index (κ2) is 49.7. The highest BCUT2D eigenvalue weighted by atomic mass is 32.2. The number of aliphatic carboxylic acids is 1. The van der Waals surface area contributed by atoms with E-state index >= 15 is 24.0 Å². The molecular weight excluding hydrogens is 1690 g/mol. The van der Waals surface area contributed by atoms with Crippen LogP contribution in [0.5, 0.6) is 5.75 Å². The molecule has 5 aromatic carbocycles. The Morgan fingerprint density at radius 3 is 1.40 bits per heavy atom. The number of amides is 16. The molecule has 129 heavy (non-hydrogen) atoms. The van der Waals surface area contributed by atoms with Crippen LogP contribution >= 0.6 is 11.8 Å². The molecule has 6 aromatic rings. The van der Waals surface area contributed by atoms with Crippen LogP contribution in [-0.2, 0) is 107 Å². The molecule has 0 bridgehead atoms. The van der Waals surface area contributed by atoms with E-state index in [9.17, 15) is 78.0 Å². The average molecular weight is 1810 g/mol. The standard InChI is InChI=1S/C90H119N17O21S/c1-48(2)34-62-79(117)99-66(37-54-26-30-57(31-27-54)56-22-16-13-17-23-56)85(123)105-77(51(7)8)90(128)107(11)52(9)89(127)106(10)43-73(112)95-69(44-108)86(124)97-63(35-49(3)4)84(122)104-76(50(5)6)88(126)102-70(45-109)87(125)103-71(78(116)93-42-72(91)111)46-129-47-74(113)94-64(36-53-20-14-12-15-21-53)80(118)98-65(38-55-28-32-59(110)33-29-55)81(119)101-68(40-75(114)115)83(121)100-67(82(120)96-62)39-58-41-92-61-25-19-18-24-60(58)61/h12-33,41,48-52,62-71,76-77,92,108-110H,34-40,42-47H2,1-11H3,(H2,91,111)(H,93,116)(H,94,113)(H,95,112)(H,96,120)(H,97,124)(H,98,118)(H,99,117)(H,100,121)(H,101,119)(H,102,126)(H,103,125)(H,104,122)(H,105,123)(H,114,115)/t52-,62-,63-,64-,65-,66-,67-,68-,69-,70-,71-,76-,77-/m0/s1. The van der Waals surface area contributed by atoms with E-state index in [0.717, 1.165) is 20.9 Å². The quantitative estimate of drug-likeness (QED) is 0.0393. The van der Waals surface area contributed by atoms with Crippen LogP contribution in [0.4, 0.5) is 0 Å². The largest absolute Gasteiger partial charge is 0.508 e. The first-order valence-electron chi connectivity index (χ1n) is 42.4. The van der Waals surface area contributed by atoms with E-state index in [4.69, 9.17) is 5.73 Å². The van der Waals surface area contributed by atoms with Crippen LogP contribution < -0.4 is 74.9 Å². The van der Waals surface area contributed by atoms with Gasteiger partial charge in [-0.15, -0.1) is 11.8 Å². The molecule has 696 valence electrons. The number of primary amides is 1. The molecule has 2 heterocycles. The normalized spacial score (nSPS) is 23.2. The van der Waals surface area contributed by atoms with E-state index in [-0.39, 0.29) is 49.7 Å². The number of benzene rings is 5. The number of carboxylic acids is 1. The third kappa shape index (κ3) is 31.9. The van der Waals surface area contributed by atoms with Gasteiger partial charge in [0.25, 0.3) is 0 Å². The van der Waals surface area contributed by atoms with E-state index in [0.29, 0.717) is 44.9 Å². The molecule has 39 heteroatoms. The number of carboxylic acid groups (broad SMARTS) is 1. The van der Waals surface area contributed by atoms with Gasteiger partial charge in [0, 0.05) is 62.6 Å². The van der Waals surface area contributed by atoms with E-state index < -0.39 is 242 Å². The zero-order chi connectivity index (χ0) is 95.0. The number of nitrogens with zero attached hydrogens (tertiary/aromatic N) is 2. The predicted molar refractivity (Wildman–Crippen MR) is 477 cm³/mol. The molecule has 38 nitrogen and oxygen atoms in total. The van der Waals surface area contributed by atoms with Crippen molar-refractivity contribution in [2.75, 3.05) is 51.9 Å². The Morgan fingerprint density at radius 2 is 0.868 bits per heavy atom. The smallest absolute Gasteiger partial charge is 0.305 e. The van der Waals surface area contributed by atoms with Crippen molar-refractivity contribution in [1.82, 2.24) is 83.9 Å². The van der Waals surface area contributed by atoms with Gasteiger partial charge < -0.3 is 110 Å². The highest BCUT2D eigenvalue weighted by Crippen LogP contribution is 2.24. The predicted octanol–water partition coefficient (Wildman–Crippen LogP) is -0.854. The number of phenols is 1. The number of aromatic hydroxyl groups is 1. The number of H-pyrrole nitrogens is 1. The fourth-order valence-electron chi connectivity index (χ4n) is 14.1. The summed E-state index contributed by atoms with van der Waals surface area (Å²) < 4.78 is 0. The number of carbonyl (C=O) groups excluding carboxylic acids is 16. The molecule has 1 fully saturated rings. The van der Waals surface area contributed by atoms with E-state index in [2.05, 4.69) is 74.1 Å². The minimum atomic E-state index is -2.06. The van der Waals surface area contributed by atoms with Gasteiger partial charge in [0.1, 0.15) is 84.3 Å². The molecule has 1 aromatic heterocycles. The summed E-state index contributed by atoms with van der Waals surface area (Å²) in [6, 6.07) is 15.8. The first-order chi connectivity index (χ1) is 61.1. The Kier molecular flexibility index (Phi) is 39.6. The number of aromatic nitrogens is 1. The molecule has 1 aliphatic heterocycles. The van der Waals surface area contributed by atoms with Gasteiger partial charge in [0.2, 0.25) is 94.5 Å². The van der Waals surface area contributed by atoms with Crippen molar-refractivity contribution in [1.29, 1.82) is 0 Å². The number of hydrogen-bond donors (Lipinski definition) is 19. The molecule has 13 atom stereocenters. The Hall–Kier alpha value is -13.3. The van der Waals surface area contributed by atoms with Crippen molar-refractivity contribution < 1.29 is 102 Å². The highest BCUT2D eigenvalue weighted by molar-refractivity contribution is 8.00. The molecule has 1 saturated heterocycles. The summed E-state index contributed by atoms with van der Waals surface area (Å²) in [6.45, 7) is 10.8. The monoisotopic (exact) mass is 1810 g/mol. The number of nitrogens with one attached hydrogen (secondary N) is 14. The molecule has 16 amide bonds. The van der Waals surface area contributed by atoms with Gasteiger partial charge >= 0.3 is 5.97 Å². The van der Waals surface area contributed by atoms with Crippen LogP contribution in [0.1, 0.15) is 104 Å². The Balaban J connectivity index is 1.29. The lowest BCUT2D eigenvalue weighted by Crippen LogP contribution is -2.61. The fraction of sp³-hybridized carbons (Fsp3) is 0.456. The van der Waals surface area contributed by atoms with Crippen molar-refractivity contribution in [3.63, 3.8) is 0 Å². The van der Waals surface area contributed by atoms with Crippen LogP contribution in [0.3, 0.4) is 0 Å². The molecular formula is C90H119N17O21S. The van der Waals surface area contributed by atoms with Gasteiger partial charge in [-0.25, -0.2) is 0 Å².